The summed E-state index contributed by atoms with van der Waals surface area (Å²) in [5.74, 6) is 0. The van der Waals surface area contributed by atoms with Crippen LogP contribution in [0.4, 0.5) is 0 Å². The van der Waals surface area contributed by atoms with Crippen LogP contribution >= 0.6 is 0 Å². The SMILES string of the molecule is O=CC=O.[NaH]. The van der Waals surface area contributed by atoms with Crippen molar-refractivity contribution in [3.8, 4) is 0 Å². The van der Waals surface area contributed by atoms with Crippen molar-refractivity contribution < 1.29 is 9.59 Å². The van der Waals surface area contributed by atoms with Gasteiger partial charge in [-0.1, -0.05) is 0 Å². The Hall–Kier alpha value is 0.340. The van der Waals surface area contributed by atoms with Gasteiger partial charge in [0.25, 0.3) is 0 Å². The summed E-state index contributed by atoms with van der Waals surface area (Å²) in [6, 6.07) is 0. The first-order chi connectivity index (χ1) is 1.91. The van der Waals surface area contributed by atoms with E-state index in [-0.39, 0.29) is 42.1 Å². The normalized spacial score (nSPS) is 4.00. The van der Waals surface area contributed by atoms with E-state index in [0.717, 1.165) is 0 Å². The Labute approximate surface area is 51.8 Å². The molecule has 0 N–H and O–H groups in total. The fourth-order valence-corrected chi connectivity index (χ4v) is 0. The van der Waals surface area contributed by atoms with Crippen LogP contribution in [0.15, 0.2) is 0 Å². The van der Waals surface area contributed by atoms with Gasteiger partial charge in [0.2, 0.25) is 0 Å². The molecule has 0 rings (SSSR count). The second kappa shape index (κ2) is 8.84. The Bertz CT molecular complexity index is 28.6. The minimum atomic E-state index is 0. The van der Waals surface area contributed by atoms with Crippen LogP contribution in [0.2, 0.25) is 0 Å². The molecule has 0 atom stereocenters. The molecule has 0 aromatic carbocycles. The van der Waals surface area contributed by atoms with Gasteiger partial charge in [-0.05, 0) is 0 Å². The summed E-state index contributed by atoms with van der Waals surface area (Å²) in [7, 11) is 0. The van der Waals surface area contributed by atoms with Crippen molar-refractivity contribution in [1.29, 1.82) is 0 Å². The Morgan fingerprint density at radius 1 is 1.00 bits per heavy atom. The number of aldehydes is 2. The number of hydrogen-bond donors (Lipinski definition) is 0. The van der Waals surface area contributed by atoms with Crippen LogP contribution in [0.1, 0.15) is 0 Å². The molecular weight excluding hydrogens is 79.0 g/mol. The summed E-state index contributed by atoms with van der Waals surface area (Å²) in [6.07, 6.45) is 0.389. The molecule has 0 aliphatic carbocycles. The predicted molar refractivity (Wildman–Crippen MR) is 19.3 cm³/mol. The van der Waals surface area contributed by atoms with Gasteiger partial charge in [0.1, 0.15) is 0 Å². The molecule has 0 aromatic heterocycles. The molecule has 0 aliphatic heterocycles. The molecule has 0 aromatic rings. The van der Waals surface area contributed by atoms with E-state index >= 15 is 0 Å². The molecule has 0 bridgehead atoms. The van der Waals surface area contributed by atoms with Crippen LogP contribution in [-0.2, 0) is 9.59 Å². The Morgan fingerprint density at radius 3 is 1.20 bits per heavy atom. The topological polar surface area (TPSA) is 34.1 Å². The van der Waals surface area contributed by atoms with Gasteiger partial charge in [0.15, 0.2) is 12.6 Å². The fraction of sp³-hybridized carbons (Fsp3) is 0. The van der Waals surface area contributed by atoms with Gasteiger partial charge in [0, 0.05) is 0 Å². The third kappa shape index (κ3) is 13.2. The Kier molecular flexibility index (Phi) is 15.9. The van der Waals surface area contributed by atoms with Crippen molar-refractivity contribution in [2.75, 3.05) is 0 Å². The monoisotopic (exact) mass is 82.0 g/mol. The van der Waals surface area contributed by atoms with Crippen molar-refractivity contribution in [2.24, 2.45) is 0 Å². The number of hydrogen-bond acceptors (Lipinski definition) is 2. The Balaban J connectivity index is 0. The van der Waals surface area contributed by atoms with Crippen molar-refractivity contribution in [1.82, 2.24) is 0 Å². The molecule has 5 heavy (non-hydrogen) atoms. The number of rotatable bonds is 1. The van der Waals surface area contributed by atoms with Gasteiger partial charge >= 0.3 is 29.6 Å². The van der Waals surface area contributed by atoms with Gasteiger partial charge in [-0.15, -0.1) is 0 Å². The molecule has 3 heteroatoms. The maximum absolute atomic E-state index is 8.81. The van der Waals surface area contributed by atoms with E-state index in [1.54, 1.807) is 0 Å². The van der Waals surface area contributed by atoms with Crippen molar-refractivity contribution in [3.05, 3.63) is 0 Å². The second-order valence-electron chi connectivity index (χ2n) is 0.272. The summed E-state index contributed by atoms with van der Waals surface area (Å²) in [6.45, 7) is 0. The molecule has 0 unspecified atom stereocenters. The number of carbonyl (C=O) groups is 2. The Morgan fingerprint density at radius 2 is 1.20 bits per heavy atom. The molecule has 0 spiro atoms. The van der Waals surface area contributed by atoms with Crippen LogP contribution in [-0.4, -0.2) is 42.1 Å². The summed E-state index contributed by atoms with van der Waals surface area (Å²) in [5, 5.41) is 0. The first-order valence-corrected chi connectivity index (χ1v) is 0.805. The molecule has 0 heterocycles. The molecule has 0 aliphatic rings. The average Bonchev–Trinajstić information content (AvgIpc) is 1.37. The second-order valence-corrected chi connectivity index (χ2v) is 0.272. The maximum atomic E-state index is 8.81. The van der Waals surface area contributed by atoms with E-state index in [4.69, 9.17) is 9.59 Å². The van der Waals surface area contributed by atoms with Crippen LogP contribution in [0.5, 0.6) is 0 Å². The van der Waals surface area contributed by atoms with Gasteiger partial charge in [-0.25, -0.2) is 0 Å². The van der Waals surface area contributed by atoms with Gasteiger partial charge in [-0.3, -0.25) is 9.59 Å². The molecule has 0 saturated heterocycles. The third-order valence-corrected chi connectivity index (χ3v) is 0.0556. The zero-order valence-corrected chi connectivity index (χ0v) is 1.97. The van der Waals surface area contributed by atoms with Crippen LogP contribution in [0, 0.1) is 0 Å². The molecule has 2 nitrogen and oxygen atoms in total. The summed E-state index contributed by atoms with van der Waals surface area (Å²) in [5.41, 5.74) is 0. The molecule has 0 radical (unpaired) electrons. The van der Waals surface area contributed by atoms with Gasteiger partial charge in [-0.2, -0.15) is 0 Å². The standard InChI is InChI=1S/C2H2O2.Na.H/c3-1-2-4;;/h1-2H;;. The summed E-state index contributed by atoms with van der Waals surface area (Å²) < 4.78 is 0. The predicted octanol–water partition coefficient (Wildman–Crippen LogP) is -1.26. The van der Waals surface area contributed by atoms with Crippen molar-refractivity contribution in [3.63, 3.8) is 0 Å². The van der Waals surface area contributed by atoms with E-state index in [1.165, 1.54) is 0 Å². The van der Waals surface area contributed by atoms with Crippen LogP contribution in [0.25, 0.3) is 0 Å². The van der Waals surface area contributed by atoms with E-state index in [1.807, 2.05) is 0 Å². The first kappa shape index (κ1) is 9.02. The molecule has 24 valence electrons. The molecular formula is C2H3NaO2. The zero-order valence-electron chi connectivity index (χ0n) is 1.97. The van der Waals surface area contributed by atoms with Crippen molar-refractivity contribution >= 4 is 42.1 Å². The summed E-state index contributed by atoms with van der Waals surface area (Å²) >= 11 is 0. The van der Waals surface area contributed by atoms with Crippen molar-refractivity contribution in [2.45, 2.75) is 0 Å². The van der Waals surface area contributed by atoms with E-state index in [2.05, 4.69) is 0 Å². The first-order valence-electron chi connectivity index (χ1n) is 0.805. The van der Waals surface area contributed by atoms with Crippen LogP contribution in [0.3, 0.4) is 0 Å². The summed E-state index contributed by atoms with van der Waals surface area (Å²) in [4.78, 5) is 17.6. The quantitative estimate of drug-likeness (QED) is 0.225. The third-order valence-electron chi connectivity index (χ3n) is 0.0556. The average molecular weight is 82.0 g/mol. The van der Waals surface area contributed by atoms with Gasteiger partial charge in [0.05, 0.1) is 0 Å². The molecule has 0 fully saturated rings. The van der Waals surface area contributed by atoms with E-state index < -0.39 is 0 Å². The molecule has 0 saturated carbocycles. The number of carbonyl (C=O) groups excluding carboxylic acids is 2. The zero-order chi connectivity index (χ0) is 3.41. The van der Waals surface area contributed by atoms with Gasteiger partial charge < -0.3 is 0 Å². The minimum absolute atomic E-state index is 0. The van der Waals surface area contributed by atoms with Crippen LogP contribution < -0.4 is 0 Å². The van der Waals surface area contributed by atoms with E-state index in [0.29, 0.717) is 0 Å². The fourth-order valence-electron chi connectivity index (χ4n) is 0. The van der Waals surface area contributed by atoms with E-state index in [9.17, 15) is 0 Å². The molecule has 0 amide bonds.